The molecule has 40 heavy (non-hydrogen) atoms. The third-order valence-corrected chi connectivity index (χ3v) is 7.84. The molecular formula is C30H45N5O5. The lowest BCUT2D eigenvalue weighted by Crippen LogP contribution is -2.61. The van der Waals surface area contributed by atoms with Crippen LogP contribution in [0, 0.1) is 11.3 Å². The van der Waals surface area contributed by atoms with Gasteiger partial charge in [-0.25, -0.2) is 5.43 Å². The first kappa shape index (κ1) is 31.3. The number of carbonyl (C=O) groups is 4. The molecule has 0 bridgehead atoms. The van der Waals surface area contributed by atoms with Gasteiger partial charge in [-0.1, -0.05) is 56.3 Å². The Bertz CT molecular complexity index is 1050. The Kier molecular flexibility index (Phi) is 11.3. The van der Waals surface area contributed by atoms with Gasteiger partial charge in [-0.2, -0.15) is 0 Å². The van der Waals surface area contributed by atoms with E-state index < -0.39 is 35.4 Å². The summed E-state index contributed by atoms with van der Waals surface area (Å²) >= 11 is 0. The molecular weight excluding hydrogens is 510 g/mol. The summed E-state index contributed by atoms with van der Waals surface area (Å²) in [5.41, 5.74) is 3.44. The minimum Gasteiger partial charge on any atom is -0.468 e. The topological polar surface area (TPSA) is 120 Å². The summed E-state index contributed by atoms with van der Waals surface area (Å²) in [5.74, 6) is -1.56. The maximum atomic E-state index is 13.7. The molecule has 0 radical (unpaired) electrons. The fourth-order valence-electron chi connectivity index (χ4n) is 5.42. The van der Waals surface area contributed by atoms with Gasteiger partial charge in [0.2, 0.25) is 11.8 Å². The van der Waals surface area contributed by atoms with Crippen LogP contribution in [0.1, 0.15) is 58.9 Å². The van der Waals surface area contributed by atoms with Crippen molar-refractivity contribution in [1.29, 1.82) is 0 Å². The minimum atomic E-state index is -0.847. The first-order valence-corrected chi connectivity index (χ1v) is 14.3. The molecule has 1 aromatic rings. The highest BCUT2D eigenvalue weighted by molar-refractivity contribution is 5.94. The summed E-state index contributed by atoms with van der Waals surface area (Å²) in [4.78, 5) is 54.3. The average Bonchev–Trinajstić information content (AvgIpc) is 2.96. The number of allylic oxidation sites excluding steroid dienone is 1. The molecule has 3 rings (SSSR count). The van der Waals surface area contributed by atoms with Crippen LogP contribution >= 0.6 is 0 Å². The lowest BCUT2D eigenvalue weighted by Gasteiger charge is -2.40. The van der Waals surface area contributed by atoms with Gasteiger partial charge in [-0.05, 0) is 64.1 Å². The van der Waals surface area contributed by atoms with Crippen molar-refractivity contribution < 1.29 is 23.9 Å². The Labute approximate surface area is 237 Å². The molecule has 2 heterocycles. The van der Waals surface area contributed by atoms with Crippen LogP contribution in [0.2, 0.25) is 0 Å². The number of rotatable bonds is 10. The van der Waals surface area contributed by atoms with Crippen LogP contribution in [0.25, 0.3) is 0 Å². The Morgan fingerprint density at radius 2 is 1.75 bits per heavy atom. The Hall–Kier alpha value is -3.24. The van der Waals surface area contributed by atoms with Crippen molar-refractivity contribution >= 4 is 23.7 Å². The number of amides is 3. The lowest BCUT2D eigenvalue weighted by atomic mass is 9.76. The Balaban J connectivity index is 1.61. The SMILES string of the molecule is C/C=C/C1(C(=O)N[C@H](C(=O)N[C@@H](C)C(=O)N2CCC[C@@H](C(=O)OC)N2)C(C)C)CCN(Cc2ccccc2)CC1. The number of hydrogen-bond acceptors (Lipinski definition) is 7. The van der Waals surface area contributed by atoms with Gasteiger partial charge in [0.05, 0.1) is 12.5 Å². The molecule has 220 valence electrons. The fourth-order valence-corrected chi connectivity index (χ4v) is 5.42. The zero-order chi connectivity index (χ0) is 29.3. The maximum absolute atomic E-state index is 13.7. The van der Waals surface area contributed by atoms with Gasteiger partial charge in [0.15, 0.2) is 0 Å². The molecule has 10 nitrogen and oxygen atoms in total. The molecule has 2 saturated heterocycles. The van der Waals surface area contributed by atoms with Gasteiger partial charge >= 0.3 is 5.97 Å². The average molecular weight is 556 g/mol. The van der Waals surface area contributed by atoms with E-state index in [1.165, 1.54) is 17.7 Å². The summed E-state index contributed by atoms with van der Waals surface area (Å²) in [7, 11) is 1.31. The first-order chi connectivity index (χ1) is 19.1. The second-order valence-electron chi connectivity index (χ2n) is 11.2. The molecule has 1 aromatic carbocycles. The highest BCUT2D eigenvalue weighted by Gasteiger charge is 2.41. The molecule has 0 unspecified atom stereocenters. The van der Waals surface area contributed by atoms with Crippen LogP contribution in [0.4, 0.5) is 0 Å². The zero-order valence-corrected chi connectivity index (χ0v) is 24.4. The van der Waals surface area contributed by atoms with Crippen LogP contribution in [0.15, 0.2) is 42.5 Å². The minimum absolute atomic E-state index is 0.170. The number of nitrogens with one attached hydrogen (secondary N) is 3. The number of hydrogen-bond donors (Lipinski definition) is 3. The molecule has 2 fully saturated rings. The van der Waals surface area contributed by atoms with E-state index in [4.69, 9.17) is 4.74 Å². The maximum Gasteiger partial charge on any atom is 0.324 e. The van der Waals surface area contributed by atoms with Crippen molar-refractivity contribution in [3.63, 3.8) is 0 Å². The van der Waals surface area contributed by atoms with Crippen molar-refractivity contribution in [2.24, 2.45) is 11.3 Å². The molecule has 0 spiro atoms. The van der Waals surface area contributed by atoms with E-state index in [1.54, 1.807) is 6.92 Å². The van der Waals surface area contributed by atoms with Crippen LogP contribution < -0.4 is 16.1 Å². The van der Waals surface area contributed by atoms with Gasteiger partial charge in [-0.3, -0.25) is 29.1 Å². The van der Waals surface area contributed by atoms with Gasteiger partial charge in [0.1, 0.15) is 18.1 Å². The normalized spacial score (nSPS) is 21.1. The van der Waals surface area contributed by atoms with E-state index in [1.807, 2.05) is 51.1 Å². The molecule has 3 atom stereocenters. The smallest absolute Gasteiger partial charge is 0.324 e. The van der Waals surface area contributed by atoms with Crippen LogP contribution in [-0.2, 0) is 30.5 Å². The number of piperidine rings is 1. The van der Waals surface area contributed by atoms with E-state index in [9.17, 15) is 19.2 Å². The molecule has 3 N–H and O–H groups in total. The Morgan fingerprint density at radius 1 is 1.07 bits per heavy atom. The predicted octanol–water partition coefficient (Wildman–Crippen LogP) is 2.16. The standard InChI is InChI=1S/C30H45N5O5/c1-6-14-30(15-18-34(19-16-30)20-23-11-8-7-9-12-23)29(39)32-25(21(2)3)26(36)31-22(4)27(37)35-17-10-13-24(33-35)28(38)40-5/h6-9,11-12,14,21-22,24-25,33H,10,13,15-20H2,1-5H3,(H,31,36)(H,32,39)/b14-6+/t22-,24-,25-/m0/s1. The number of benzene rings is 1. The summed E-state index contributed by atoms with van der Waals surface area (Å²) in [6.07, 6.45) is 6.38. The predicted molar refractivity (Wildman–Crippen MR) is 152 cm³/mol. The fraction of sp³-hybridized carbons (Fsp3) is 0.600. The van der Waals surface area contributed by atoms with Crippen molar-refractivity contribution in [1.82, 2.24) is 26.0 Å². The highest BCUT2D eigenvalue weighted by Crippen LogP contribution is 2.34. The summed E-state index contributed by atoms with van der Waals surface area (Å²) in [5, 5.41) is 7.15. The van der Waals surface area contributed by atoms with Crippen LogP contribution in [0.5, 0.6) is 0 Å². The lowest BCUT2D eigenvalue weighted by molar-refractivity contribution is -0.150. The van der Waals surface area contributed by atoms with E-state index in [0.29, 0.717) is 32.2 Å². The summed E-state index contributed by atoms with van der Waals surface area (Å²) in [6, 6.07) is 8.03. The second kappa shape index (κ2) is 14.4. The molecule has 2 aliphatic rings. The number of hydrazine groups is 1. The number of methoxy groups -OCH3 is 1. The summed E-state index contributed by atoms with van der Waals surface area (Å²) in [6.45, 7) is 10.0. The van der Waals surface area contributed by atoms with Crippen molar-refractivity contribution in [2.45, 2.75) is 78.0 Å². The van der Waals surface area contributed by atoms with Crippen molar-refractivity contribution in [3.05, 3.63) is 48.0 Å². The third-order valence-electron chi connectivity index (χ3n) is 7.84. The molecule has 0 saturated carbocycles. The van der Waals surface area contributed by atoms with Gasteiger partial charge in [0, 0.05) is 13.1 Å². The van der Waals surface area contributed by atoms with Crippen LogP contribution in [-0.4, -0.2) is 78.5 Å². The number of nitrogens with zero attached hydrogens (tertiary/aromatic N) is 2. The first-order valence-electron chi connectivity index (χ1n) is 14.3. The summed E-state index contributed by atoms with van der Waals surface area (Å²) < 4.78 is 4.79. The third kappa shape index (κ3) is 7.91. The number of likely N-dealkylation sites (tertiary alicyclic amines) is 1. The number of esters is 1. The van der Waals surface area contributed by atoms with Crippen molar-refractivity contribution in [3.8, 4) is 0 Å². The largest absolute Gasteiger partial charge is 0.468 e. The molecule has 0 aliphatic carbocycles. The molecule has 10 heteroatoms. The van der Waals surface area contributed by atoms with Crippen molar-refractivity contribution in [2.75, 3.05) is 26.7 Å². The number of carbonyl (C=O) groups excluding carboxylic acids is 4. The molecule has 0 aromatic heterocycles. The van der Waals surface area contributed by atoms with Crippen LogP contribution in [0.3, 0.4) is 0 Å². The molecule has 2 aliphatic heterocycles. The van der Waals surface area contributed by atoms with Gasteiger partial charge < -0.3 is 15.4 Å². The van der Waals surface area contributed by atoms with E-state index in [-0.39, 0.29) is 17.7 Å². The van der Waals surface area contributed by atoms with Gasteiger partial charge in [0.25, 0.3) is 5.91 Å². The monoisotopic (exact) mass is 555 g/mol. The van der Waals surface area contributed by atoms with E-state index >= 15 is 0 Å². The van der Waals surface area contributed by atoms with E-state index in [2.05, 4.69) is 33.1 Å². The highest BCUT2D eigenvalue weighted by atomic mass is 16.5. The second-order valence-corrected chi connectivity index (χ2v) is 11.2. The molecule has 3 amide bonds. The quantitative estimate of drug-likeness (QED) is 0.299. The zero-order valence-electron chi connectivity index (χ0n) is 24.4. The number of ether oxygens (including phenoxy) is 1. The Morgan fingerprint density at radius 3 is 2.35 bits per heavy atom. The van der Waals surface area contributed by atoms with Gasteiger partial charge in [-0.15, -0.1) is 0 Å². The van der Waals surface area contributed by atoms with E-state index in [0.717, 1.165) is 19.6 Å².